The van der Waals surface area contributed by atoms with Gasteiger partial charge in [-0.1, -0.05) is 30.3 Å². The standard InChI is InChI=1S/C16H23N3O2/c17-8-4-10-19(12-13-5-2-1-3-6-13)16(21)14-7-9-18-15(20)11-14/h1-3,5-6,14H,4,7-12,17H2,(H,18,20). The molecule has 1 fully saturated rings. The fourth-order valence-electron chi connectivity index (χ4n) is 2.61. The molecule has 1 aliphatic rings. The van der Waals surface area contributed by atoms with Gasteiger partial charge in [0.1, 0.15) is 0 Å². The number of nitrogens with two attached hydrogens (primary N) is 1. The Morgan fingerprint density at radius 2 is 2.10 bits per heavy atom. The first-order valence-electron chi connectivity index (χ1n) is 7.50. The summed E-state index contributed by atoms with van der Waals surface area (Å²) in [5, 5.41) is 2.77. The summed E-state index contributed by atoms with van der Waals surface area (Å²) in [5.74, 6) is -0.152. The van der Waals surface area contributed by atoms with Gasteiger partial charge >= 0.3 is 0 Å². The van der Waals surface area contributed by atoms with Crippen LogP contribution in [-0.4, -0.2) is 36.3 Å². The topological polar surface area (TPSA) is 75.4 Å². The van der Waals surface area contributed by atoms with Crippen LogP contribution in [0.2, 0.25) is 0 Å². The van der Waals surface area contributed by atoms with Crippen molar-refractivity contribution in [2.45, 2.75) is 25.8 Å². The second-order valence-corrected chi connectivity index (χ2v) is 5.43. The molecular formula is C16H23N3O2. The van der Waals surface area contributed by atoms with Gasteiger partial charge in [0, 0.05) is 32.0 Å². The van der Waals surface area contributed by atoms with E-state index in [1.54, 1.807) is 0 Å². The van der Waals surface area contributed by atoms with Gasteiger partial charge < -0.3 is 16.0 Å². The third-order valence-corrected chi connectivity index (χ3v) is 3.76. The summed E-state index contributed by atoms with van der Waals surface area (Å²) in [4.78, 5) is 26.0. The Kier molecular flexibility index (Phi) is 5.75. The van der Waals surface area contributed by atoms with Crippen LogP contribution < -0.4 is 11.1 Å². The Morgan fingerprint density at radius 3 is 2.76 bits per heavy atom. The van der Waals surface area contributed by atoms with Crippen molar-refractivity contribution in [2.24, 2.45) is 11.7 Å². The van der Waals surface area contributed by atoms with E-state index in [0.717, 1.165) is 18.4 Å². The summed E-state index contributed by atoms with van der Waals surface area (Å²) in [6.07, 6.45) is 1.79. The normalized spacial score (nSPS) is 18.1. The molecule has 1 unspecified atom stereocenters. The van der Waals surface area contributed by atoms with Gasteiger partial charge in [-0.3, -0.25) is 9.59 Å². The van der Waals surface area contributed by atoms with Crippen molar-refractivity contribution in [3.05, 3.63) is 35.9 Å². The van der Waals surface area contributed by atoms with E-state index in [4.69, 9.17) is 5.73 Å². The van der Waals surface area contributed by atoms with E-state index in [1.807, 2.05) is 35.2 Å². The van der Waals surface area contributed by atoms with Crippen LogP contribution in [0.3, 0.4) is 0 Å². The summed E-state index contributed by atoms with van der Waals surface area (Å²) in [6.45, 7) is 2.37. The Hall–Kier alpha value is -1.88. The number of nitrogens with zero attached hydrogens (tertiary/aromatic N) is 1. The second-order valence-electron chi connectivity index (χ2n) is 5.43. The van der Waals surface area contributed by atoms with E-state index in [9.17, 15) is 9.59 Å². The molecule has 5 nitrogen and oxygen atoms in total. The van der Waals surface area contributed by atoms with Gasteiger partial charge in [0.05, 0.1) is 0 Å². The Balaban J connectivity index is 2.03. The minimum Gasteiger partial charge on any atom is -0.356 e. The molecule has 1 saturated heterocycles. The summed E-state index contributed by atoms with van der Waals surface area (Å²) >= 11 is 0. The first-order valence-corrected chi connectivity index (χ1v) is 7.50. The molecule has 2 amide bonds. The molecule has 0 aromatic heterocycles. The Labute approximate surface area is 125 Å². The highest BCUT2D eigenvalue weighted by molar-refractivity contribution is 5.86. The van der Waals surface area contributed by atoms with E-state index in [-0.39, 0.29) is 17.7 Å². The number of carbonyl (C=O) groups is 2. The number of amides is 2. The van der Waals surface area contributed by atoms with E-state index >= 15 is 0 Å². The third kappa shape index (κ3) is 4.56. The average Bonchev–Trinajstić information content (AvgIpc) is 2.51. The van der Waals surface area contributed by atoms with E-state index in [2.05, 4.69) is 5.32 Å². The molecule has 5 heteroatoms. The van der Waals surface area contributed by atoms with Crippen molar-refractivity contribution in [1.29, 1.82) is 0 Å². The Bertz CT molecular complexity index is 476. The van der Waals surface area contributed by atoms with Gasteiger partial charge in [-0.25, -0.2) is 0 Å². The van der Waals surface area contributed by atoms with E-state index in [0.29, 0.717) is 32.6 Å². The number of hydrogen-bond donors (Lipinski definition) is 2. The summed E-state index contributed by atoms with van der Waals surface area (Å²) in [7, 11) is 0. The van der Waals surface area contributed by atoms with Crippen molar-refractivity contribution < 1.29 is 9.59 Å². The lowest BCUT2D eigenvalue weighted by atomic mass is 9.95. The van der Waals surface area contributed by atoms with Crippen molar-refractivity contribution in [1.82, 2.24) is 10.2 Å². The maximum atomic E-state index is 12.7. The molecule has 0 bridgehead atoms. The van der Waals surface area contributed by atoms with Crippen molar-refractivity contribution >= 4 is 11.8 Å². The molecule has 1 heterocycles. The molecule has 0 radical (unpaired) electrons. The summed E-state index contributed by atoms with van der Waals surface area (Å²) in [5.41, 5.74) is 6.67. The number of rotatable bonds is 6. The highest BCUT2D eigenvalue weighted by Gasteiger charge is 2.29. The summed E-state index contributed by atoms with van der Waals surface area (Å²) < 4.78 is 0. The summed E-state index contributed by atoms with van der Waals surface area (Å²) in [6, 6.07) is 9.91. The van der Waals surface area contributed by atoms with Crippen LogP contribution in [0.4, 0.5) is 0 Å². The predicted molar refractivity (Wildman–Crippen MR) is 81.3 cm³/mol. The maximum Gasteiger partial charge on any atom is 0.226 e. The lowest BCUT2D eigenvalue weighted by molar-refractivity contribution is -0.140. The quantitative estimate of drug-likeness (QED) is 0.816. The number of nitrogens with one attached hydrogen (secondary N) is 1. The number of hydrogen-bond acceptors (Lipinski definition) is 3. The van der Waals surface area contributed by atoms with Crippen LogP contribution in [0.5, 0.6) is 0 Å². The van der Waals surface area contributed by atoms with Crippen LogP contribution in [-0.2, 0) is 16.1 Å². The minimum absolute atomic E-state index is 0.0296. The van der Waals surface area contributed by atoms with Crippen molar-refractivity contribution in [2.75, 3.05) is 19.6 Å². The zero-order valence-electron chi connectivity index (χ0n) is 12.3. The number of carbonyl (C=O) groups excluding carboxylic acids is 2. The van der Waals surface area contributed by atoms with Crippen molar-refractivity contribution in [3.63, 3.8) is 0 Å². The van der Waals surface area contributed by atoms with Crippen LogP contribution in [0.15, 0.2) is 30.3 Å². The van der Waals surface area contributed by atoms with Crippen LogP contribution in [0, 0.1) is 5.92 Å². The van der Waals surface area contributed by atoms with Gasteiger partial charge in [0.25, 0.3) is 0 Å². The molecule has 0 aliphatic carbocycles. The SMILES string of the molecule is NCCCN(Cc1ccccc1)C(=O)C1CCNC(=O)C1. The molecule has 3 N–H and O–H groups in total. The lowest BCUT2D eigenvalue weighted by Gasteiger charge is -2.29. The van der Waals surface area contributed by atoms with Gasteiger partial charge in [0.15, 0.2) is 0 Å². The van der Waals surface area contributed by atoms with Crippen molar-refractivity contribution in [3.8, 4) is 0 Å². The maximum absolute atomic E-state index is 12.7. The molecule has 1 atom stereocenters. The first kappa shape index (κ1) is 15.5. The fourth-order valence-corrected chi connectivity index (χ4v) is 2.61. The second kappa shape index (κ2) is 7.78. The lowest BCUT2D eigenvalue weighted by Crippen LogP contribution is -2.43. The first-order chi connectivity index (χ1) is 10.2. The molecule has 21 heavy (non-hydrogen) atoms. The van der Waals surface area contributed by atoms with Gasteiger partial charge in [0.2, 0.25) is 11.8 Å². The number of benzene rings is 1. The predicted octanol–water partition coefficient (Wildman–Crippen LogP) is 0.890. The van der Waals surface area contributed by atoms with Gasteiger partial charge in [-0.05, 0) is 24.9 Å². The zero-order chi connectivity index (χ0) is 15.1. The van der Waals surface area contributed by atoms with Gasteiger partial charge in [-0.2, -0.15) is 0 Å². The third-order valence-electron chi connectivity index (χ3n) is 3.76. The van der Waals surface area contributed by atoms with E-state index in [1.165, 1.54) is 0 Å². The molecule has 1 aliphatic heterocycles. The molecule has 0 spiro atoms. The molecule has 2 rings (SSSR count). The number of piperidine rings is 1. The minimum atomic E-state index is -0.194. The molecule has 1 aromatic rings. The van der Waals surface area contributed by atoms with Crippen LogP contribution in [0.25, 0.3) is 0 Å². The molecule has 114 valence electrons. The van der Waals surface area contributed by atoms with E-state index < -0.39 is 0 Å². The largest absolute Gasteiger partial charge is 0.356 e. The monoisotopic (exact) mass is 289 g/mol. The molecule has 0 saturated carbocycles. The smallest absolute Gasteiger partial charge is 0.226 e. The highest BCUT2D eigenvalue weighted by atomic mass is 16.2. The zero-order valence-corrected chi connectivity index (χ0v) is 12.3. The Morgan fingerprint density at radius 1 is 1.33 bits per heavy atom. The molecule has 1 aromatic carbocycles. The molecular weight excluding hydrogens is 266 g/mol. The van der Waals surface area contributed by atoms with Crippen LogP contribution >= 0.6 is 0 Å². The average molecular weight is 289 g/mol. The highest BCUT2D eigenvalue weighted by Crippen LogP contribution is 2.18. The fraction of sp³-hybridized carbons (Fsp3) is 0.500. The van der Waals surface area contributed by atoms with Gasteiger partial charge in [-0.15, -0.1) is 0 Å². The van der Waals surface area contributed by atoms with Crippen LogP contribution in [0.1, 0.15) is 24.8 Å².